The highest BCUT2D eigenvalue weighted by Gasteiger charge is 2.31. The lowest BCUT2D eigenvalue weighted by atomic mass is 9.80. The maximum absolute atomic E-state index is 12.4. The van der Waals surface area contributed by atoms with Gasteiger partial charge in [-0.2, -0.15) is 0 Å². The first-order chi connectivity index (χ1) is 8.70. The highest BCUT2D eigenvalue weighted by atomic mass is 16.2. The van der Waals surface area contributed by atoms with Gasteiger partial charge in [-0.05, 0) is 25.7 Å². The molecule has 0 aromatic rings. The van der Waals surface area contributed by atoms with E-state index in [4.69, 9.17) is 5.73 Å². The third-order valence-corrected chi connectivity index (χ3v) is 4.56. The summed E-state index contributed by atoms with van der Waals surface area (Å²) in [5.74, 6) is 0.307. The number of carbonyl (C=O) groups excluding carboxylic acids is 1. The van der Waals surface area contributed by atoms with Crippen molar-refractivity contribution in [2.75, 3.05) is 13.1 Å². The van der Waals surface area contributed by atoms with Gasteiger partial charge in [-0.1, -0.05) is 38.5 Å². The van der Waals surface area contributed by atoms with Crippen LogP contribution in [0.1, 0.15) is 70.6 Å². The summed E-state index contributed by atoms with van der Waals surface area (Å²) < 4.78 is 0. The lowest BCUT2D eigenvalue weighted by Crippen LogP contribution is -2.47. The van der Waals surface area contributed by atoms with Gasteiger partial charge in [0.25, 0.3) is 0 Å². The predicted octanol–water partition coefficient (Wildman–Crippen LogP) is 2.83. The largest absolute Gasteiger partial charge is 0.343 e. The van der Waals surface area contributed by atoms with Crippen LogP contribution in [0, 0.1) is 0 Å². The van der Waals surface area contributed by atoms with Crippen molar-refractivity contribution in [3.8, 4) is 0 Å². The van der Waals surface area contributed by atoms with Crippen molar-refractivity contribution in [2.24, 2.45) is 5.73 Å². The molecular formula is C15H28N2O. The monoisotopic (exact) mass is 252 g/mol. The van der Waals surface area contributed by atoms with Crippen LogP contribution in [0.25, 0.3) is 0 Å². The van der Waals surface area contributed by atoms with Crippen molar-refractivity contribution in [2.45, 2.75) is 76.2 Å². The van der Waals surface area contributed by atoms with Crippen molar-refractivity contribution in [1.82, 2.24) is 4.90 Å². The molecule has 2 N–H and O–H groups in total. The standard InChI is InChI=1S/C15H28N2O/c16-15(9-5-4-6-10-15)13-14(18)17-11-7-2-1-3-8-12-17/h1-13,16H2. The Morgan fingerprint density at radius 3 is 2.00 bits per heavy atom. The Kier molecular flexibility index (Phi) is 5.04. The van der Waals surface area contributed by atoms with Crippen LogP contribution in [-0.2, 0) is 4.79 Å². The van der Waals surface area contributed by atoms with Crippen LogP contribution in [0.15, 0.2) is 0 Å². The van der Waals surface area contributed by atoms with E-state index in [2.05, 4.69) is 4.90 Å². The summed E-state index contributed by atoms with van der Waals surface area (Å²) >= 11 is 0. The molecule has 18 heavy (non-hydrogen) atoms. The fraction of sp³-hybridized carbons (Fsp3) is 0.933. The van der Waals surface area contributed by atoms with Crippen LogP contribution in [0.2, 0.25) is 0 Å². The molecule has 1 amide bonds. The van der Waals surface area contributed by atoms with Crippen molar-refractivity contribution < 1.29 is 4.79 Å². The summed E-state index contributed by atoms with van der Waals surface area (Å²) in [6, 6.07) is 0. The Balaban J connectivity index is 1.85. The number of hydrogen-bond acceptors (Lipinski definition) is 2. The fourth-order valence-corrected chi connectivity index (χ4v) is 3.34. The number of likely N-dealkylation sites (tertiary alicyclic amines) is 1. The first-order valence-corrected chi connectivity index (χ1v) is 7.76. The van der Waals surface area contributed by atoms with E-state index >= 15 is 0 Å². The number of nitrogens with zero attached hydrogens (tertiary/aromatic N) is 1. The summed E-state index contributed by atoms with van der Waals surface area (Å²) in [5, 5.41) is 0. The zero-order valence-electron chi connectivity index (χ0n) is 11.6. The van der Waals surface area contributed by atoms with Crippen LogP contribution in [0.5, 0.6) is 0 Å². The molecule has 1 aliphatic heterocycles. The summed E-state index contributed by atoms with van der Waals surface area (Å²) in [6.07, 6.45) is 12.6. The Labute approximate surface area is 111 Å². The quantitative estimate of drug-likeness (QED) is 0.821. The number of rotatable bonds is 2. The number of hydrogen-bond donors (Lipinski definition) is 1. The SMILES string of the molecule is NC1(CC(=O)N2CCCCCCC2)CCCCC1. The van der Waals surface area contributed by atoms with Crippen molar-refractivity contribution >= 4 is 5.91 Å². The summed E-state index contributed by atoms with van der Waals surface area (Å²) in [5.41, 5.74) is 6.19. The van der Waals surface area contributed by atoms with Gasteiger partial charge in [-0.25, -0.2) is 0 Å². The predicted molar refractivity (Wildman–Crippen MR) is 74.3 cm³/mol. The van der Waals surface area contributed by atoms with Gasteiger partial charge < -0.3 is 10.6 Å². The molecule has 0 radical (unpaired) electrons. The van der Waals surface area contributed by atoms with E-state index in [0.717, 1.165) is 25.9 Å². The number of nitrogens with two attached hydrogens (primary N) is 1. The minimum atomic E-state index is -0.197. The third kappa shape index (κ3) is 3.98. The van der Waals surface area contributed by atoms with Crippen molar-refractivity contribution in [3.05, 3.63) is 0 Å². The minimum absolute atomic E-state index is 0.197. The molecule has 0 spiro atoms. The van der Waals surface area contributed by atoms with Crippen molar-refractivity contribution in [1.29, 1.82) is 0 Å². The minimum Gasteiger partial charge on any atom is -0.343 e. The van der Waals surface area contributed by atoms with Crippen LogP contribution >= 0.6 is 0 Å². The fourth-order valence-electron chi connectivity index (χ4n) is 3.34. The summed E-state index contributed by atoms with van der Waals surface area (Å²) in [4.78, 5) is 14.5. The van der Waals surface area contributed by atoms with Gasteiger partial charge in [0.2, 0.25) is 5.91 Å². The number of carbonyl (C=O) groups is 1. The van der Waals surface area contributed by atoms with Crippen LogP contribution in [-0.4, -0.2) is 29.4 Å². The normalized spacial score (nSPS) is 25.3. The lowest BCUT2D eigenvalue weighted by Gasteiger charge is -2.35. The highest BCUT2D eigenvalue weighted by Crippen LogP contribution is 2.29. The average molecular weight is 252 g/mol. The van der Waals surface area contributed by atoms with Crippen LogP contribution in [0.4, 0.5) is 0 Å². The Bertz CT molecular complexity index is 264. The third-order valence-electron chi connectivity index (χ3n) is 4.56. The molecule has 1 aliphatic carbocycles. The van der Waals surface area contributed by atoms with E-state index in [9.17, 15) is 4.79 Å². The second-order valence-electron chi connectivity index (χ2n) is 6.25. The Morgan fingerprint density at radius 2 is 1.39 bits per heavy atom. The average Bonchev–Trinajstić information content (AvgIpc) is 2.28. The molecular weight excluding hydrogens is 224 g/mol. The van der Waals surface area contributed by atoms with Gasteiger partial charge in [-0.15, -0.1) is 0 Å². The van der Waals surface area contributed by atoms with E-state index in [1.165, 1.54) is 51.4 Å². The zero-order valence-corrected chi connectivity index (χ0v) is 11.6. The van der Waals surface area contributed by atoms with E-state index < -0.39 is 0 Å². The first kappa shape index (κ1) is 13.9. The van der Waals surface area contributed by atoms with Gasteiger partial charge in [-0.3, -0.25) is 4.79 Å². The zero-order chi connectivity index (χ0) is 12.8. The molecule has 1 saturated carbocycles. The molecule has 104 valence electrons. The molecule has 2 aliphatic rings. The molecule has 3 heteroatoms. The van der Waals surface area contributed by atoms with Crippen LogP contribution in [0.3, 0.4) is 0 Å². The van der Waals surface area contributed by atoms with E-state index in [-0.39, 0.29) is 5.54 Å². The molecule has 1 saturated heterocycles. The van der Waals surface area contributed by atoms with Gasteiger partial charge in [0.1, 0.15) is 0 Å². The molecule has 2 fully saturated rings. The maximum Gasteiger partial charge on any atom is 0.224 e. The maximum atomic E-state index is 12.4. The molecule has 0 unspecified atom stereocenters. The van der Waals surface area contributed by atoms with Crippen molar-refractivity contribution in [3.63, 3.8) is 0 Å². The molecule has 2 rings (SSSR count). The smallest absolute Gasteiger partial charge is 0.224 e. The van der Waals surface area contributed by atoms with E-state index in [1.807, 2.05) is 0 Å². The second-order valence-corrected chi connectivity index (χ2v) is 6.25. The molecule has 0 aromatic heterocycles. The first-order valence-electron chi connectivity index (χ1n) is 7.76. The Morgan fingerprint density at radius 1 is 0.889 bits per heavy atom. The number of amides is 1. The van der Waals surface area contributed by atoms with Gasteiger partial charge in [0.05, 0.1) is 0 Å². The molecule has 0 atom stereocenters. The molecule has 0 aromatic carbocycles. The summed E-state index contributed by atoms with van der Waals surface area (Å²) in [7, 11) is 0. The topological polar surface area (TPSA) is 46.3 Å². The molecule has 0 bridgehead atoms. The Hall–Kier alpha value is -0.570. The summed E-state index contributed by atoms with van der Waals surface area (Å²) in [6.45, 7) is 1.91. The molecule has 3 nitrogen and oxygen atoms in total. The second kappa shape index (κ2) is 6.55. The van der Waals surface area contributed by atoms with Gasteiger partial charge in [0, 0.05) is 25.0 Å². The van der Waals surface area contributed by atoms with E-state index in [1.54, 1.807) is 0 Å². The van der Waals surface area contributed by atoms with Gasteiger partial charge in [0.15, 0.2) is 0 Å². The van der Waals surface area contributed by atoms with E-state index in [0.29, 0.717) is 12.3 Å². The van der Waals surface area contributed by atoms with Crippen LogP contribution < -0.4 is 5.73 Å². The molecule has 1 heterocycles. The van der Waals surface area contributed by atoms with Gasteiger partial charge >= 0.3 is 0 Å². The lowest BCUT2D eigenvalue weighted by molar-refractivity contribution is -0.133. The highest BCUT2D eigenvalue weighted by molar-refractivity contribution is 5.77.